The number of rotatable bonds is 6. The lowest BCUT2D eigenvalue weighted by atomic mass is 9.79. The van der Waals surface area contributed by atoms with Gasteiger partial charge >= 0.3 is 6.09 Å². The molecule has 0 spiro atoms. The van der Waals surface area contributed by atoms with Gasteiger partial charge in [0.05, 0.1) is 18.7 Å². The molecule has 2 heterocycles. The molecule has 2 aromatic rings. The Balaban J connectivity index is 1.82. The fourth-order valence-corrected chi connectivity index (χ4v) is 3.49. The molecule has 1 aliphatic heterocycles. The summed E-state index contributed by atoms with van der Waals surface area (Å²) in [4.78, 5) is 26.1. The van der Waals surface area contributed by atoms with Crippen molar-refractivity contribution in [3.63, 3.8) is 0 Å². The maximum atomic E-state index is 12.4. The Hall–Kier alpha value is -2.58. The van der Waals surface area contributed by atoms with Gasteiger partial charge in [-0.1, -0.05) is 0 Å². The number of carbonyl (C=O) groups is 1. The highest BCUT2D eigenvalue weighted by molar-refractivity contribution is 5.80. The molecule has 0 aliphatic carbocycles. The molecule has 2 atom stereocenters. The third-order valence-corrected chi connectivity index (χ3v) is 5.14. The molecule has 3 rings (SSSR count). The summed E-state index contributed by atoms with van der Waals surface area (Å²) >= 11 is 0. The highest BCUT2D eigenvalue weighted by atomic mass is 16.5. The zero-order valence-electron chi connectivity index (χ0n) is 14.5. The summed E-state index contributed by atoms with van der Waals surface area (Å²) in [5, 5.41) is 25.6. The Morgan fingerprint density at radius 2 is 2.23 bits per heavy atom. The number of hydrogen-bond acceptors (Lipinski definition) is 5. The second-order valence-corrected chi connectivity index (χ2v) is 6.74. The maximum absolute atomic E-state index is 12.4. The zero-order valence-corrected chi connectivity index (χ0v) is 14.5. The first-order valence-corrected chi connectivity index (χ1v) is 8.49. The molecule has 1 saturated heterocycles. The molecule has 1 fully saturated rings. The number of aryl methyl sites for hydroxylation is 1. The number of amides is 1. The predicted molar refractivity (Wildman–Crippen MR) is 96.8 cm³/mol. The van der Waals surface area contributed by atoms with Crippen LogP contribution in [-0.4, -0.2) is 54.1 Å². The summed E-state index contributed by atoms with van der Waals surface area (Å²) in [7, 11) is 1.57. The van der Waals surface area contributed by atoms with Gasteiger partial charge in [-0.05, 0) is 36.4 Å². The van der Waals surface area contributed by atoms with Gasteiger partial charge < -0.3 is 30.6 Å². The highest BCUT2D eigenvalue weighted by Crippen LogP contribution is 2.31. The normalized spacial score (nSPS) is 22.5. The zero-order chi connectivity index (χ0) is 18.7. The molecular formula is C18H23N3O5. The van der Waals surface area contributed by atoms with E-state index >= 15 is 0 Å². The topological polar surface area (TPSA) is 124 Å². The second kappa shape index (κ2) is 7.35. The largest absolute Gasteiger partial charge is 0.497 e. The molecule has 1 aliphatic rings. The van der Waals surface area contributed by atoms with Crippen LogP contribution in [-0.2, 0) is 6.42 Å². The van der Waals surface area contributed by atoms with Crippen LogP contribution in [0.15, 0.2) is 29.1 Å². The van der Waals surface area contributed by atoms with Crippen molar-refractivity contribution < 1.29 is 19.7 Å². The lowest BCUT2D eigenvalue weighted by Crippen LogP contribution is -2.45. The first kappa shape index (κ1) is 18.2. The fourth-order valence-electron chi connectivity index (χ4n) is 3.49. The van der Waals surface area contributed by atoms with Crippen LogP contribution < -0.4 is 20.9 Å². The minimum absolute atomic E-state index is 0.138. The van der Waals surface area contributed by atoms with Gasteiger partial charge in [0.15, 0.2) is 0 Å². The Morgan fingerprint density at radius 1 is 1.42 bits per heavy atom. The van der Waals surface area contributed by atoms with Gasteiger partial charge in [0.25, 0.3) is 5.56 Å². The number of hydrogen-bond donors (Lipinski definition) is 5. The Labute approximate surface area is 150 Å². The number of H-pyrrole nitrogens is 1. The SMILES string of the molecule is COc1ccc2cc(CC[C@]3(CNC(=O)O)CNC[C@@H]3O)c(=O)[nH]c2c1. The smallest absolute Gasteiger partial charge is 0.404 e. The minimum atomic E-state index is -1.12. The highest BCUT2D eigenvalue weighted by Gasteiger charge is 2.42. The molecule has 1 aromatic heterocycles. The number of aromatic amines is 1. The van der Waals surface area contributed by atoms with E-state index in [0.717, 1.165) is 5.39 Å². The van der Waals surface area contributed by atoms with E-state index < -0.39 is 17.6 Å². The minimum Gasteiger partial charge on any atom is -0.497 e. The Morgan fingerprint density at radius 3 is 2.88 bits per heavy atom. The van der Waals surface area contributed by atoms with Crippen molar-refractivity contribution in [2.75, 3.05) is 26.7 Å². The molecule has 5 N–H and O–H groups in total. The first-order chi connectivity index (χ1) is 12.4. The van der Waals surface area contributed by atoms with E-state index in [9.17, 15) is 14.7 Å². The number of ether oxygens (including phenoxy) is 1. The fraction of sp³-hybridized carbons (Fsp3) is 0.444. The quantitative estimate of drug-likeness (QED) is 0.516. The van der Waals surface area contributed by atoms with Crippen LogP contribution in [0, 0.1) is 5.41 Å². The van der Waals surface area contributed by atoms with Crippen molar-refractivity contribution in [2.45, 2.75) is 18.9 Å². The van der Waals surface area contributed by atoms with Gasteiger partial charge in [-0.3, -0.25) is 4.79 Å². The number of aliphatic hydroxyl groups excluding tert-OH is 1. The maximum Gasteiger partial charge on any atom is 0.404 e. The Kier molecular flexibility index (Phi) is 5.15. The molecule has 1 aromatic carbocycles. The van der Waals surface area contributed by atoms with Gasteiger partial charge in [-0.25, -0.2) is 4.79 Å². The van der Waals surface area contributed by atoms with Gasteiger partial charge in [0.2, 0.25) is 0 Å². The molecule has 140 valence electrons. The summed E-state index contributed by atoms with van der Waals surface area (Å²) in [5.41, 5.74) is 0.492. The molecule has 0 radical (unpaired) electrons. The standard InChI is InChI=1S/C18H23N3O5/c1-26-13-3-2-11-6-12(16(23)21-14(11)7-13)4-5-18(10-20-17(24)25)9-19-8-15(18)22/h2-3,6-7,15,19-20,22H,4-5,8-10H2,1H3,(H,21,23)(H,24,25)/t15-,18+/m0/s1. The van der Waals surface area contributed by atoms with Gasteiger partial charge in [0.1, 0.15) is 5.75 Å². The summed E-state index contributed by atoms with van der Waals surface area (Å²) < 4.78 is 5.17. The summed E-state index contributed by atoms with van der Waals surface area (Å²) in [6, 6.07) is 7.30. The predicted octanol–water partition coefficient (Wildman–Crippen LogP) is 0.687. The van der Waals surface area contributed by atoms with Crippen molar-refractivity contribution in [2.24, 2.45) is 5.41 Å². The summed E-state index contributed by atoms with van der Waals surface area (Å²) in [6.45, 7) is 1.05. The molecule has 1 amide bonds. The molecule has 0 saturated carbocycles. The third kappa shape index (κ3) is 3.66. The lowest BCUT2D eigenvalue weighted by molar-refractivity contribution is 0.0618. The number of pyridine rings is 1. The van der Waals surface area contributed by atoms with E-state index in [1.165, 1.54) is 0 Å². The van der Waals surface area contributed by atoms with Crippen molar-refractivity contribution in [1.82, 2.24) is 15.6 Å². The number of benzene rings is 1. The number of fused-ring (bicyclic) bond motifs is 1. The van der Waals surface area contributed by atoms with E-state index in [0.29, 0.717) is 42.8 Å². The number of aliphatic hydroxyl groups is 1. The number of methoxy groups -OCH3 is 1. The van der Waals surface area contributed by atoms with Crippen LogP contribution >= 0.6 is 0 Å². The van der Waals surface area contributed by atoms with Gasteiger partial charge in [0, 0.05) is 36.7 Å². The van der Waals surface area contributed by atoms with E-state index in [-0.39, 0.29) is 12.1 Å². The molecule has 0 bridgehead atoms. The van der Waals surface area contributed by atoms with Crippen LogP contribution in [0.2, 0.25) is 0 Å². The van der Waals surface area contributed by atoms with E-state index in [4.69, 9.17) is 9.84 Å². The van der Waals surface area contributed by atoms with Crippen molar-refractivity contribution in [3.8, 4) is 5.75 Å². The molecular weight excluding hydrogens is 338 g/mol. The number of aromatic nitrogens is 1. The van der Waals surface area contributed by atoms with Crippen LogP contribution in [0.5, 0.6) is 5.75 Å². The van der Waals surface area contributed by atoms with Crippen molar-refractivity contribution in [3.05, 3.63) is 40.2 Å². The van der Waals surface area contributed by atoms with Crippen LogP contribution in [0.25, 0.3) is 10.9 Å². The lowest BCUT2D eigenvalue weighted by Gasteiger charge is -2.31. The molecule has 8 nitrogen and oxygen atoms in total. The number of carboxylic acid groups (broad SMARTS) is 1. The summed E-state index contributed by atoms with van der Waals surface area (Å²) in [5.74, 6) is 0.666. The van der Waals surface area contributed by atoms with Crippen LogP contribution in [0.3, 0.4) is 0 Å². The molecule has 8 heteroatoms. The third-order valence-electron chi connectivity index (χ3n) is 5.14. The van der Waals surface area contributed by atoms with E-state index in [1.54, 1.807) is 13.2 Å². The number of nitrogens with one attached hydrogen (secondary N) is 3. The molecule has 0 unspecified atom stereocenters. The van der Waals surface area contributed by atoms with Gasteiger partial charge in [-0.15, -0.1) is 0 Å². The first-order valence-electron chi connectivity index (χ1n) is 8.49. The van der Waals surface area contributed by atoms with Crippen LogP contribution in [0.1, 0.15) is 12.0 Å². The van der Waals surface area contributed by atoms with Crippen molar-refractivity contribution in [1.29, 1.82) is 0 Å². The number of β-amino-alcohol motifs (C(OH)–C–C–N with tert-alkyl or cyclic N) is 1. The van der Waals surface area contributed by atoms with Crippen LogP contribution in [0.4, 0.5) is 4.79 Å². The second-order valence-electron chi connectivity index (χ2n) is 6.74. The van der Waals surface area contributed by atoms with E-state index in [1.807, 2.05) is 18.2 Å². The van der Waals surface area contributed by atoms with Gasteiger partial charge in [-0.2, -0.15) is 0 Å². The van der Waals surface area contributed by atoms with Crippen molar-refractivity contribution >= 4 is 17.0 Å². The Bertz CT molecular complexity index is 866. The summed E-state index contributed by atoms with van der Waals surface area (Å²) in [6.07, 6.45) is -0.858. The monoisotopic (exact) mass is 361 g/mol. The molecule has 26 heavy (non-hydrogen) atoms. The van der Waals surface area contributed by atoms with E-state index in [2.05, 4.69) is 15.6 Å². The average molecular weight is 361 g/mol. The average Bonchev–Trinajstić information content (AvgIpc) is 2.98.